The van der Waals surface area contributed by atoms with Gasteiger partial charge in [-0.25, -0.2) is 0 Å². The fraction of sp³-hybridized carbons (Fsp3) is 0.615. The van der Waals surface area contributed by atoms with Crippen molar-refractivity contribution in [3.63, 3.8) is 0 Å². The number of pyridine rings is 1. The summed E-state index contributed by atoms with van der Waals surface area (Å²) in [6, 6.07) is 4.31. The molecule has 1 N–H and O–H groups in total. The standard InChI is InChI=1S/C13H19N3S/c1-11-10-12(2-5-14-11)16-7-3-13(4-8-16)15-6-9-17-13/h2,5,10,15H,3-4,6-9H2,1H3. The minimum absolute atomic E-state index is 0.387. The van der Waals surface area contributed by atoms with Gasteiger partial charge in [0.05, 0.1) is 4.87 Å². The average Bonchev–Trinajstić information content (AvgIpc) is 2.79. The highest BCUT2D eigenvalue weighted by atomic mass is 32.2. The van der Waals surface area contributed by atoms with Gasteiger partial charge in [-0.2, -0.15) is 0 Å². The molecule has 3 heterocycles. The summed E-state index contributed by atoms with van der Waals surface area (Å²) in [7, 11) is 0. The van der Waals surface area contributed by atoms with Crippen molar-refractivity contribution >= 4 is 17.4 Å². The van der Waals surface area contributed by atoms with Crippen LogP contribution in [0.25, 0.3) is 0 Å². The van der Waals surface area contributed by atoms with E-state index in [0.717, 1.165) is 18.8 Å². The smallest absolute Gasteiger partial charge is 0.0679 e. The normalized spacial score (nSPS) is 23.2. The number of rotatable bonds is 1. The van der Waals surface area contributed by atoms with Crippen LogP contribution in [0.5, 0.6) is 0 Å². The topological polar surface area (TPSA) is 28.2 Å². The van der Waals surface area contributed by atoms with Crippen LogP contribution in [-0.4, -0.2) is 35.2 Å². The van der Waals surface area contributed by atoms with Gasteiger partial charge in [0.25, 0.3) is 0 Å². The lowest BCUT2D eigenvalue weighted by molar-refractivity contribution is 0.399. The van der Waals surface area contributed by atoms with E-state index in [1.54, 1.807) is 0 Å². The van der Waals surface area contributed by atoms with E-state index in [-0.39, 0.29) is 0 Å². The molecule has 0 unspecified atom stereocenters. The number of piperidine rings is 1. The Balaban J connectivity index is 1.68. The fourth-order valence-corrected chi connectivity index (χ4v) is 4.02. The lowest BCUT2D eigenvalue weighted by Crippen LogP contribution is -2.48. The Kier molecular flexibility index (Phi) is 3.01. The summed E-state index contributed by atoms with van der Waals surface area (Å²) in [5.41, 5.74) is 2.44. The zero-order valence-corrected chi connectivity index (χ0v) is 11.1. The van der Waals surface area contributed by atoms with E-state index in [4.69, 9.17) is 0 Å². The van der Waals surface area contributed by atoms with Gasteiger partial charge in [-0.15, -0.1) is 11.8 Å². The predicted molar refractivity (Wildman–Crippen MR) is 73.6 cm³/mol. The maximum atomic E-state index is 4.26. The number of thioether (sulfide) groups is 1. The Hall–Kier alpha value is -0.740. The van der Waals surface area contributed by atoms with Crippen LogP contribution in [0.1, 0.15) is 18.5 Å². The molecule has 1 aromatic rings. The molecule has 0 aromatic carbocycles. The van der Waals surface area contributed by atoms with Gasteiger partial charge in [0.15, 0.2) is 0 Å². The van der Waals surface area contributed by atoms with Crippen molar-refractivity contribution in [1.29, 1.82) is 0 Å². The van der Waals surface area contributed by atoms with E-state index >= 15 is 0 Å². The third kappa shape index (κ3) is 2.29. The van der Waals surface area contributed by atoms with Gasteiger partial charge in [-0.3, -0.25) is 4.98 Å². The molecule has 1 spiro atoms. The molecule has 17 heavy (non-hydrogen) atoms. The van der Waals surface area contributed by atoms with Crippen molar-refractivity contribution in [2.45, 2.75) is 24.6 Å². The summed E-state index contributed by atoms with van der Waals surface area (Å²) in [5, 5.41) is 3.68. The van der Waals surface area contributed by atoms with Gasteiger partial charge < -0.3 is 10.2 Å². The highest BCUT2D eigenvalue weighted by molar-refractivity contribution is 8.00. The molecule has 0 radical (unpaired) electrons. The molecule has 2 fully saturated rings. The summed E-state index contributed by atoms with van der Waals surface area (Å²) in [6.07, 6.45) is 4.41. The van der Waals surface area contributed by atoms with E-state index in [0.29, 0.717) is 4.87 Å². The van der Waals surface area contributed by atoms with Crippen molar-refractivity contribution < 1.29 is 0 Å². The van der Waals surface area contributed by atoms with Crippen molar-refractivity contribution in [2.75, 3.05) is 30.3 Å². The molecular weight excluding hydrogens is 230 g/mol. The Labute approximate surface area is 107 Å². The van der Waals surface area contributed by atoms with Crippen molar-refractivity contribution in [1.82, 2.24) is 10.3 Å². The van der Waals surface area contributed by atoms with Gasteiger partial charge in [-0.1, -0.05) is 0 Å². The van der Waals surface area contributed by atoms with Crippen molar-refractivity contribution in [3.05, 3.63) is 24.0 Å². The molecule has 2 aliphatic heterocycles. The molecule has 92 valence electrons. The fourth-order valence-electron chi connectivity index (χ4n) is 2.75. The van der Waals surface area contributed by atoms with Crippen LogP contribution in [0.4, 0.5) is 5.69 Å². The highest BCUT2D eigenvalue weighted by Crippen LogP contribution is 2.37. The first-order valence-electron chi connectivity index (χ1n) is 6.34. The minimum atomic E-state index is 0.387. The Morgan fingerprint density at radius 2 is 2.24 bits per heavy atom. The number of nitrogens with zero attached hydrogens (tertiary/aromatic N) is 2. The SMILES string of the molecule is Cc1cc(N2CCC3(CC2)NCCS3)ccn1. The number of hydrogen-bond donors (Lipinski definition) is 1. The molecule has 4 heteroatoms. The second-order valence-electron chi connectivity index (χ2n) is 4.91. The first-order chi connectivity index (χ1) is 8.27. The quantitative estimate of drug-likeness (QED) is 0.824. The zero-order valence-electron chi connectivity index (χ0n) is 10.3. The van der Waals surface area contributed by atoms with Gasteiger partial charge in [0.2, 0.25) is 0 Å². The first-order valence-corrected chi connectivity index (χ1v) is 7.33. The number of hydrogen-bond acceptors (Lipinski definition) is 4. The predicted octanol–water partition coefficient (Wildman–Crippen LogP) is 2.02. The summed E-state index contributed by atoms with van der Waals surface area (Å²) in [6.45, 7) is 5.55. The minimum Gasteiger partial charge on any atom is -0.371 e. The van der Waals surface area contributed by atoms with Crippen LogP contribution in [0.2, 0.25) is 0 Å². The summed E-state index contributed by atoms with van der Waals surface area (Å²) < 4.78 is 0. The van der Waals surface area contributed by atoms with E-state index in [2.05, 4.69) is 46.0 Å². The lowest BCUT2D eigenvalue weighted by Gasteiger charge is -2.39. The van der Waals surface area contributed by atoms with E-state index < -0.39 is 0 Å². The van der Waals surface area contributed by atoms with Crippen LogP contribution in [-0.2, 0) is 0 Å². The number of anilines is 1. The van der Waals surface area contributed by atoms with Crippen LogP contribution in [0, 0.1) is 6.92 Å². The monoisotopic (exact) mass is 249 g/mol. The molecule has 3 rings (SSSR count). The Morgan fingerprint density at radius 3 is 2.88 bits per heavy atom. The van der Waals surface area contributed by atoms with E-state index in [1.165, 1.54) is 30.8 Å². The molecule has 0 saturated carbocycles. The zero-order chi connectivity index (χ0) is 11.7. The van der Waals surface area contributed by atoms with Crippen LogP contribution >= 0.6 is 11.8 Å². The summed E-state index contributed by atoms with van der Waals surface area (Å²) in [5.74, 6) is 1.27. The maximum absolute atomic E-state index is 4.26. The van der Waals surface area contributed by atoms with Gasteiger partial charge in [-0.05, 0) is 31.9 Å². The molecule has 2 saturated heterocycles. The van der Waals surface area contributed by atoms with Gasteiger partial charge >= 0.3 is 0 Å². The first kappa shape index (κ1) is 11.4. The second-order valence-corrected chi connectivity index (χ2v) is 6.39. The average molecular weight is 249 g/mol. The summed E-state index contributed by atoms with van der Waals surface area (Å²) in [4.78, 5) is 7.14. The Bertz CT molecular complexity index is 391. The lowest BCUT2D eigenvalue weighted by atomic mass is 10.0. The number of nitrogens with one attached hydrogen (secondary N) is 1. The van der Waals surface area contributed by atoms with Gasteiger partial charge in [0, 0.05) is 43.0 Å². The van der Waals surface area contributed by atoms with Crippen LogP contribution in [0.3, 0.4) is 0 Å². The molecule has 3 nitrogen and oxygen atoms in total. The molecule has 0 atom stereocenters. The number of aromatic nitrogens is 1. The van der Waals surface area contributed by atoms with Crippen molar-refractivity contribution in [2.24, 2.45) is 0 Å². The third-order valence-corrected chi connectivity index (χ3v) is 5.26. The second kappa shape index (κ2) is 4.50. The molecule has 2 aliphatic rings. The van der Waals surface area contributed by atoms with E-state index in [9.17, 15) is 0 Å². The molecule has 1 aromatic heterocycles. The van der Waals surface area contributed by atoms with Crippen molar-refractivity contribution in [3.8, 4) is 0 Å². The Morgan fingerprint density at radius 1 is 1.41 bits per heavy atom. The van der Waals surface area contributed by atoms with Crippen LogP contribution in [0.15, 0.2) is 18.3 Å². The van der Waals surface area contributed by atoms with Crippen LogP contribution < -0.4 is 10.2 Å². The van der Waals surface area contributed by atoms with E-state index in [1.807, 2.05) is 6.20 Å². The third-order valence-electron chi connectivity index (χ3n) is 3.74. The van der Waals surface area contributed by atoms with Gasteiger partial charge in [0.1, 0.15) is 0 Å². The molecule has 0 aliphatic carbocycles. The maximum Gasteiger partial charge on any atom is 0.0679 e. The molecule has 0 bridgehead atoms. The largest absolute Gasteiger partial charge is 0.371 e. The highest BCUT2D eigenvalue weighted by Gasteiger charge is 2.37. The summed E-state index contributed by atoms with van der Waals surface area (Å²) >= 11 is 2.12. The number of aryl methyl sites for hydroxylation is 1. The molecular formula is C13H19N3S. The molecule has 0 amide bonds.